The molecular weight excluding hydrogens is 298 g/mol. The minimum Gasteiger partial charge on any atom is -0.339 e. The van der Waals surface area contributed by atoms with E-state index in [1.54, 1.807) is 0 Å². The van der Waals surface area contributed by atoms with Crippen LogP contribution in [0.1, 0.15) is 35.8 Å². The van der Waals surface area contributed by atoms with Gasteiger partial charge < -0.3 is 14.4 Å². The zero-order valence-corrected chi connectivity index (χ0v) is 15.5. The molecule has 4 nitrogen and oxygen atoms in total. The van der Waals surface area contributed by atoms with Crippen molar-refractivity contribution in [2.45, 2.75) is 32.7 Å². The number of rotatable bonds is 4. The molecule has 1 aliphatic heterocycles. The summed E-state index contributed by atoms with van der Waals surface area (Å²) in [5, 5.41) is 1.15. The molecule has 2 aromatic rings. The molecule has 2 heterocycles. The average Bonchev–Trinajstić information content (AvgIpc) is 3.10. The van der Waals surface area contributed by atoms with Gasteiger partial charge >= 0.3 is 0 Å². The first-order valence-corrected chi connectivity index (χ1v) is 8.94. The molecule has 0 unspecified atom stereocenters. The van der Waals surface area contributed by atoms with Crippen LogP contribution in [0.25, 0.3) is 10.9 Å². The van der Waals surface area contributed by atoms with Gasteiger partial charge in [-0.3, -0.25) is 4.79 Å². The van der Waals surface area contributed by atoms with Crippen LogP contribution in [0.4, 0.5) is 0 Å². The van der Waals surface area contributed by atoms with Gasteiger partial charge in [0, 0.05) is 31.6 Å². The Morgan fingerprint density at radius 1 is 1.29 bits per heavy atom. The van der Waals surface area contributed by atoms with Gasteiger partial charge in [-0.25, -0.2) is 0 Å². The third-order valence-corrected chi connectivity index (χ3v) is 5.49. The summed E-state index contributed by atoms with van der Waals surface area (Å²) in [5.41, 5.74) is 3.17. The molecule has 3 rings (SSSR count). The molecule has 1 saturated heterocycles. The highest BCUT2D eigenvalue weighted by Crippen LogP contribution is 2.28. The molecule has 0 bridgehead atoms. The maximum atomic E-state index is 13.2. The van der Waals surface area contributed by atoms with E-state index < -0.39 is 0 Å². The van der Waals surface area contributed by atoms with Gasteiger partial charge in [-0.2, -0.15) is 0 Å². The van der Waals surface area contributed by atoms with E-state index in [1.807, 2.05) is 13.1 Å². The molecule has 2 atom stereocenters. The maximum absolute atomic E-state index is 13.2. The van der Waals surface area contributed by atoms with Gasteiger partial charge in [0.05, 0.1) is 5.52 Å². The van der Waals surface area contributed by atoms with Crippen molar-refractivity contribution in [3.63, 3.8) is 0 Å². The predicted molar refractivity (Wildman–Crippen MR) is 99.4 cm³/mol. The topological polar surface area (TPSA) is 28.5 Å². The smallest absolute Gasteiger partial charge is 0.270 e. The molecule has 1 aromatic heterocycles. The van der Waals surface area contributed by atoms with Crippen LogP contribution in [-0.2, 0) is 7.05 Å². The van der Waals surface area contributed by atoms with Crippen LogP contribution >= 0.6 is 0 Å². The SMILES string of the molecule is CCC[C@@H]1CN(C(=O)c2cc3cccc(C)c3n2C)C[C@H]1N(C)C. The Balaban J connectivity index is 1.90. The summed E-state index contributed by atoms with van der Waals surface area (Å²) in [6.45, 7) is 6.03. The predicted octanol–water partition coefficient (Wildman–Crippen LogP) is 3.29. The number of carbonyl (C=O) groups is 1. The van der Waals surface area contributed by atoms with Crippen LogP contribution in [0.5, 0.6) is 0 Å². The molecule has 1 amide bonds. The average molecular weight is 327 g/mol. The van der Waals surface area contributed by atoms with E-state index in [0.29, 0.717) is 12.0 Å². The van der Waals surface area contributed by atoms with Gasteiger partial charge in [0.25, 0.3) is 5.91 Å². The van der Waals surface area contributed by atoms with E-state index in [1.165, 1.54) is 18.4 Å². The van der Waals surface area contributed by atoms with E-state index in [0.717, 1.165) is 29.7 Å². The number of aromatic nitrogens is 1. The molecule has 0 N–H and O–H groups in total. The highest BCUT2D eigenvalue weighted by atomic mass is 16.2. The van der Waals surface area contributed by atoms with Crippen molar-refractivity contribution in [1.82, 2.24) is 14.4 Å². The van der Waals surface area contributed by atoms with Gasteiger partial charge in [-0.05, 0) is 45.0 Å². The van der Waals surface area contributed by atoms with Crippen molar-refractivity contribution in [3.8, 4) is 0 Å². The van der Waals surface area contributed by atoms with Crippen molar-refractivity contribution >= 4 is 16.8 Å². The molecule has 1 aromatic carbocycles. The first-order valence-electron chi connectivity index (χ1n) is 8.94. The molecule has 4 heteroatoms. The van der Waals surface area contributed by atoms with Gasteiger partial charge in [-0.15, -0.1) is 0 Å². The van der Waals surface area contributed by atoms with E-state index in [9.17, 15) is 4.79 Å². The minimum absolute atomic E-state index is 0.165. The van der Waals surface area contributed by atoms with Gasteiger partial charge in [-0.1, -0.05) is 31.5 Å². The number of benzene rings is 1. The number of likely N-dealkylation sites (tertiary alicyclic amines) is 1. The molecule has 130 valence electrons. The van der Waals surface area contributed by atoms with Crippen molar-refractivity contribution < 1.29 is 4.79 Å². The number of carbonyl (C=O) groups excluding carboxylic acids is 1. The number of para-hydroxylation sites is 1. The van der Waals surface area contributed by atoms with Crippen molar-refractivity contribution in [3.05, 3.63) is 35.5 Å². The fourth-order valence-electron chi connectivity index (χ4n) is 4.25. The number of hydrogen-bond donors (Lipinski definition) is 0. The van der Waals surface area contributed by atoms with Gasteiger partial charge in [0.2, 0.25) is 0 Å². The number of likely N-dealkylation sites (N-methyl/N-ethyl adjacent to an activating group) is 1. The van der Waals surface area contributed by atoms with Crippen LogP contribution in [-0.4, -0.2) is 53.5 Å². The molecule has 24 heavy (non-hydrogen) atoms. The maximum Gasteiger partial charge on any atom is 0.270 e. The fraction of sp³-hybridized carbons (Fsp3) is 0.550. The number of amides is 1. The van der Waals surface area contributed by atoms with Crippen molar-refractivity contribution in [2.75, 3.05) is 27.2 Å². The summed E-state index contributed by atoms with van der Waals surface area (Å²) in [5.74, 6) is 0.740. The zero-order chi connectivity index (χ0) is 17.4. The van der Waals surface area contributed by atoms with Crippen LogP contribution in [0.2, 0.25) is 0 Å². The number of fused-ring (bicyclic) bond motifs is 1. The lowest BCUT2D eigenvalue weighted by Crippen LogP contribution is -2.36. The highest BCUT2D eigenvalue weighted by molar-refractivity contribution is 5.99. The van der Waals surface area contributed by atoms with E-state index >= 15 is 0 Å². The standard InChI is InChI=1S/C20H29N3O/c1-6-8-16-12-23(13-18(16)21(3)4)20(24)17-11-15-10-7-9-14(2)19(15)22(17)5/h7,9-11,16,18H,6,8,12-13H2,1-5H3/t16-,18-/m1/s1. The molecule has 0 saturated carbocycles. The Morgan fingerprint density at radius 2 is 2.04 bits per heavy atom. The summed E-state index contributed by atoms with van der Waals surface area (Å²) in [4.78, 5) is 17.5. The van der Waals surface area contributed by atoms with Crippen LogP contribution in [0.15, 0.2) is 24.3 Å². The summed E-state index contributed by atoms with van der Waals surface area (Å²) in [6.07, 6.45) is 2.35. The Labute approximate surface area is 145 Å². The van der Waals surface area contributed by atoms with Gasteiger partial charge in [0.1, 0.15) is 5.69 Å². The Bertz CT molecular complexity index is 747. The largest absolute Gasteiger partial charge is 0.339 e. The third-order valence-electron chi connectivity index (χ3n) is 5.49. The van der Waals surface area contributed by atoms with Crippen molar-refractivity contribution in [1.29, 1.82) is 0 Å². The van der Waals surface area contributed by atoms with Crippen LogP contribution in [0, 0.1) is 12.8 Å². The van der Waals surface area contributed by atoms with Crippen molar-refractivity contribution in [2.24, 2.45) is 13.0 Å². The molecule has 0 aliphatic carbocycles. The minimum atomic E-state index is 0.165. The lowest BCUT2D eigenvalue weighted by atomic mass is 9.98. The Morgan fingerprint density at radius 3 is 2.67 bits per heavy atom. The fourth-order valence-corrected chi connectivity index (χ4v) is 4.25. The normalized spacial score (nSPS) is 21.2. The van der Waals surface area contributed by atoms with Gasteiger partial charge in [0.15, 0.2) is 0 Å². The monoisotopic (exact) mass is 327 g/mol. The highest BCUT2D eigenvalue weighted by Gasteiger charge is 2.36. The van der Waals surface area contributed by atoms with E-state index in [2.05, 4.69) is 60.5 Å². The number of nitrogens with zero attached hydrogens (tertiary/aromatic N) is 3. The molecule has 1 fully saturated rings. The lowest BCUT2D eigenvalue weighted by Gasteiger charge is -2.24. The molecule has 0 radical (unpaired) electrons. The molecular formula is C20H29N3O. The first-order chi connectivity index (χ1) is 11.4. The lowest BCUT2D eigenvalue weighted by molar-refractivity contribution is 0.0772. The summed E-state index contributed by atoms with van der Waals surface area (Å²) < 4.78 is 2.06. The third kappa shape index (κ3) is 2.84. The quantitative estimate of drug-likeness (QED) is 0.862. The number of hydrogen-bond acceptors (Lipinski definition) is 2. The Hall–Kier alpha value is -1.81. The second-order valence-corrected chi connectivity index (χ2v) is 7.39. The van der Waals surface area contributed by atoms with E-state index in [-0.39, 0.29) is 5.91 Å². The van der Waals surface area contributed by atoms with Crippen LogP contribution in [0.3, 0.4) is 0 Å². The van der Waals surface area contributed by atoms with E-state index in [4.69, 9.17) is 0 Å². The summed E-state index contributed by atoms with van der Waals surface area (Å²) in [6, 6.07) is 8.76. The molecule has 1 aliphatic rings. The summed E-state index contributed by atoms with van der Waals surface area (Å²) in [7, 11) is 6.26. The number of aryl methyl sites for hydroxylation is 2. The second kappa shape index (κ2) is 6.60. The first kappa shape index (κ1) is 17.0. The second-order valence-electron chi connectivity index (χ2n) is 7.39. The molecule has 0 spiro atoms. The zero-order valence-electron chi connectivity index (χ0n) is 15.5. The Kier molecular flexibility index (Phi) is 4.68. The summed E-state index contributed by atoms with van der Waals surface area (Å²) >= 11 is 0. The van der Waals surface area contributed by atoms with Crippen LogP contribution < -0.4 is 0 Å².